The van der Waals surface area contributed by atoms with Crippen LogP contribution in [-0.2, 0) is 65.4 Å². The number of carbonyl (C=O) groups is 4. The van der Waals surface area contributed by atoms with Crippen molar-refractivity contribution in [1.82, 2.24) is 0 Å². The SMILES string of the molecule is CCCCCC/C=C\C=C/CCCCCCCC(=O)O[C@H](COC(=O)CCCCCCCCC)COP(=O)(O)OC[C@H](O)COP(=O)(O)OC[C@@H](COC(=O)CCCCCCCCCCCCCCCCCC(C)C)OC(=O)CCCCCCCCCCCCCCCCCCCCCCCC. The van der Waals surface area contributed by atoms with Crippen molar-refractivity contribution in [3.63, 3.8) is 0 Å². The van der Waals surface area contributed by atoms with Gasteiger partial charge < -0.3 is 33.8 Å². The summed E-state index contributed by atoms with van der Waals surface area (Å²) in [7, 11) is -9.93. The van der Waals surface area contributed by atoms with Crippen LogP contribution in [0, 0.1) is 5.92 Å². The van der Waals surface area contributed by atoms with Gasteiger partial charge in [-0.1, -0.05) is 367 Å². The summed E-state index contributed by atoms with van der Waals surface area (Å²) in [6.07, 6.45) is 70.5. The summed E-state index contributed by atoms with van der Waals surface area (Å²) in [4.78, 5) is 72.9. The van der Waals surface area contributed by atoms with E-state index in [1.165, 1.54) is 218 Å². The van der Waals surface area contributed by atoms with Crippen LogP contribution in [0.4, 0.5) is 0 Å². The third-order valence-electron chi connectivity index (χ3n) is 18.9. The summed E-state index contributed by atoms with van der Waals surface area (Å²) < 4.78 is 68.6. The number of aliphatic hydroxyl groups is 1. The molecule has 0 amide bonds. The number of unbranched alkanes of at least 4 members (excludes halogenated alkanes) is 50. The summed E-state index contributed by atoms with van der Waals surface area (Å²) >= 11 is 0. The molecule has 0 aliphatic carbocycles. The van der Waals surface area contributed by atoms with Crippen molar-refractivity contribution < 1.29 is 80.2 Å². The molecule has 19 heteroatoms. The molecule has 2 unspecified atom stereocenters. The van der Waals surface area contributed by atoms with Crippen molar-refractivity contribution in [2.45, 2.75) is 438 Å². The highest BCUT2D eigenvalue weighted by Crippen LogP contribution is 2.45. The molecule has 0 fully saturated rings. The number of hydrogen-bond acceptors (Lipinski definition) is 15. The highest BCUT2D eigenvalue weighted by Gasteiger charge is 2.30. The fraction of sp³-hybridized carbons (Fsp3) is 0.904. The zero-order chi connectivity index (χ0) is 74.8. The summed E-state index contributed by atoms with van der Waals surface area (Å²) in [6, 6.07) is 0. The van der Waals surface area contributed by atoms with Crippen LogP contribution in [0.15, 0.2) is 24.3 Å². The molecule has 102 heavy (non-hydrogen) atoms. The van der Waals surface area contributed by atoms with Gasteiger partial charge in [-0.2, -0.15) is 0 Å². The molecule has 0 heterocycles. The Labute approximate surface area is 624 Å². The molecule has 0 aromatic carbocycles. The van der Waals surface area contributed by atoms with Crippen molar-refractivity contribution in [1.29, 1.82) is 0 Å². The smallest absolute Gasteiger partial charge is 0.462 e. The monoisotopic (exact) mass is 1490 g/mol. The van der Waals surface area contributed by atoms with E-state index in [0.29, 0.717) is 25.7 Å². The Hall–Kier alpha value is -2.46. The molecule has 602 valence electrons. The van der Waals surface area contributed by atoms with Crippen molar-refractivity contribution in [2.75, 3.05) is 39.6 Å². The maximum Gasteiger partial charge on any atom is 0.472 e. The zero-order valence-electron chi connectivity index (χ0n) is 66.2. The van der Waals surface area contributed by atoms with Crippen molar-refractivity contribution in [3.05, 3.63) is 24.3 Å². The number of phosphoric ester groups is 2. The van der Waals surface area contributed by atoms with Gasteiger partial charge in [-0.3, -0.25) is 37.3 Å². The molecule has 0 saturated heterocycles. The van der Waals surface area contributed by atoms with Crippen LogP contribution in [-0.4, -0.2) is 96.7 Å². The molecule has 17 nitrogen and oxygen atoms in total. The molecule has 0 spiro atoms. The second-order valence-electron chi connectivity index (χ2n) is 29.7. The largest absolute Gasteiger partial charge is 0.472 e. The lowest BCUT2D eigenvalue weighted by molar-refractivity contribution is -0.161. The predicted octanol–water partition coefficient (Wildman–Crippen LogP) is 24.8. The fourth-order valence-electron chi connectivity index (χ4n) is 12.4. The number of phosphoric acid groups is 2. The molecule has 0 saturated carbocycles. The van der Waals surface area contributed by atoms with E-state index in [9.17, 15) is 43.2 Å². The van der Waals surface area contributed by atoms with E-state index in [-0.39, 0.29) is 25.7 Å². The molecule has 0 rings (SSSR count). The van der Waals surface area contributed by atoms with E-state index in [0.717, 1.165) is 121 Å². The van der Waals surface area contributed by atoms with Gasteiger partial charge >= 0.3 is 39.5 Å². The maximum atomic E-state index is 13.1. The van der Waals surface area contributed by atoms with E-state index < -0.39 is 97.5 Å². The van der Waals surface area contributed by atoms with Gasteiger partial charge in [0.2, 0.25) is 0 Å². The molecule has 0 aromatic heterocycles. The van der Waals surface area contributed by atoms with Gasteiger partial charge in [0.15, 0.2) is 12.2 Å². The molecule has 0 radical (unpaired) electrons. The molecular weight excluding hydrogens is 1330 g/mol. The number of ether oxygens (including phenoxy) is 4. The Morgan fingerprint density at radius 2 is 0.529 bits per heavy atom. The second-order valence-corrected chi connectivity index (χ2v) is 32.6. The topological polar surface area (TPSA) is 237 Å². The number of aliphatic hydroxyl groups excluding tert-OH is 1. The van der Waals surface area contributed by atoms with Crippen LogP contribution < -0.4 is 0 Å². The molecule has 3 N–H and O–H groups in total. The van der Waals surface area contributed by atoms with Gasteiger partial charge in [-0.05, 0) is 57.3 Å². The van der Waals surface area contributed by atoms with Crippen LogP contribution >= 0.6 is 15.6 Å². The zero-order valence-corrected chi connectivity index (χ0v) is 68.0. The second kappa shape index (κ2) is 75.4. The van der Waals surface area contributed by atoms with Crippen LogP contribution in [0.1, 0.15) is 420 Å². The minimum absolute atomic E-state index is 0.0851. The summed E-state index contributed by atoms with van der Waals surface area (Å²) in [5.41, 5.74) is 0. The lowest BCUT2D eigenvalue weighted by atomic mass is 10.0. The first-order chi connectivity index (χ1) is 49.5. The Bertz CT molecular complexity index is 2040. The summed E-state index contributed by atoms with van der Waals surface area (Å²) in [5.74, 6) is -1.34. The average molecular weight is 1490 g/mol. The number of esters is 4. The third-order valence-corrected chi connectivity index (χ3v) is 20.8. The highest BCUT2D eigenvalue weighted by atomic mass is 31.2. The van der Waals surface area contributed by atoms with Crippen LogP contribution in [0.3, 0.4) is 0 Å². The van der Waals surface area contributed by atoms with Gasteiger partial charge in [-0.25, -0.2) is 9.13 Å². The van der Waals surface area contributed by atoms with E-state index >= 15 is 0 Å². The lowest BCUT2D eigenvalue weighted by Crippen LogP contribution is -2.30. The molecule has 0 aromatic rings. The van der Waals surface area contributed by atoms with Crippen molar-refractivity contribution >= 4 is 39.5 Å². The first-order valence-electron chi connectivity index (χ1n) is 42.5. The number of rotatable bonds is 81. The predicted molar refractivity (Wildman–Crippen MR) is 418 cm³/mol. The minimum Gasteiger partial charge on any atom is -0.462 e. The molecule has 5 atom stereocenters. The quantitative estimate of drug-likeness (QED) is 0.0169. The van der Waals surface area contributed by atoms with E-state index in [2.05, 4.69) is 58.9 Å². The van der Waals surface area contributed by atoms with E-state index in [1.54, 1.807) is 0 Å². The number of hydrogen-bond donors (Lipinski definition) is 3. The lowest BCUT2D eigenvalue weighted by Gasteiger charge is -2.21. The Morgan fingerprint density at radius 3 is 0.804 bits per heavy atom. The average Bonchev–Trinajstić information content (AvgIpc) is 1.32. The number of allylic oxidation sites excluding steroid dienone is 4. The van der Waals surface area contributed by atoms with Crippen LogP contribution in [0.5, 0.6) is 0 Å². The van der Waals surface area contributed by atoms with E-state index in [1.807, 2.05) is 0 Å². The van der Waals surface area contributed by atoms with Gasteiger partial charge in [0, 0.05) is 25.7 Å². The summed E-state index contributed by atoms with van der Waals surface area (Å²) in [6.45, 7) is 7.25. The molecular formula is C83H158O17P2. The molecule has 0 aliphatic rings. The van der Waals surface area contributed by atoms with Gasteiger partial charge in [0.1, 0.15) is 19.3 Å². The minimum atomic E-state index is -4.97. The van der Waals surface area contributed by atoms with Crippen molar-refractivity contribution in [2.24, 2.45) is 5.92 Å². The normalized spacial score (nSPS) is 14.0. The fourth-order valence-corrected chi connectivity index (χ4v) is 14.0. The van der Waals surface area contributed by atoms with Crippen LogP contribution in [0.2, 0.25) is 0 Å². The standard InChI is InChI=1S/C83H158O17P2/c1-6-9-12-15-18-20-22-24-26-27-28-29-30-31-32-36-41-45-49-54-59-64-69-83(88)100-79(73-94-81(86)67-62-57-52-47-43-39-37-33-35-38-42-46-51-55-60-65-76(4)5)75-98-102(91,92)96-71-77(84)70-95-101(89,90)97-74-78(72-93-80(85)66-61-56-50-17-14-11-8-3)99-82(87)68-63-58-53-48-44-40-34-25-23-21-19-16-13-10-7-2/h21,23,25,34,76-79,84H,6-20,22,24,26-33,35-75H2,1-5H3,(H,89,90)(H,91,92)/b23-21-,34-25-/t77-,78+,79+/m0/s1. The Balaban J connectivity index is 5.19. The molecule has 0 bridgehead atoms. The van der Waals surface area contributed by atoms with Gasteiger partial charge in [0.25, 0.3) is 0 Å². The number of carbonyl (C=O) groups excluding carboxylic acids is 4. The third kappa shape index (κ3) is 75.8. The highest BCUT2D eigenvalue weighted by molar-refractivity contribution is 7.47. The van der Waals surface area contributed by atoms with Gasteiger partial charge in [0.05, 0.1) is 26.4 Å². The van der Waals surface area contributed by atoms with E-state index in [4.69, 9.17) is 37.0 Å². The first-order valence-corrected chi connectivity index (χ1v) is 45.4. The van der Waals surface area contributed by atoms with Crippen molar-refractivity contribution in [3.8, 4) is 0 Å². The van der Waals surface area contributed by atoms with Crippen LogP contribution in [0.25, 0.3) is 0 Å². The first kappa shape index (κ1) is 99.5. The Morgan fingerprint density at radius 1 is 0.304 bits per heavy atom. The summed E-state index contributed by atoms with van der Waals surface area (Å²) in [5, 5.41) is 10.6. The molecule has 0 aliphatic heterocycles. The maximum absolute atomic E-state index is 13.1. The van der Waals surface area contributed by atoms with Gasteiger partial charge in [-0.15, -0.1) is 0 Å². The Kier molecular flexibility index (Phi) is 73.5.